The number of benzene rings is 2. The Labute approximate surface area is 178 Å². The Morgan fingerprint density at radius 2 is 1.83 bits per heavy atom. The summed E-state index contributed by atoms with van der Waals surface area (Å²) in [6.45, 7) is 2.84. The zero-order valence-corrected chi connectivity index (χ0v) is 18.3. The van der Waals surface area contributed by atoms with Crippen LogP contribution in [-0.4, -0.2) is 40.3 Å². The Balaban J connectivity index is 1.72. The molecule has 0 radical (unpaired) electrons. The minimum atomic E-state index is -3.66. The number of hydrogen-bond acceptors (Lipinski definition) is 4. The van der Waals surface area contributed by atoms with Crippen LogP contribution in [0.25, 0.3) is 0 Å². The summed E-state index contributed by atoms with van der Waals surface area (Å²) in [6, 6.07) is 13.6. The Hall–Kier alpha value is -2.61. The summed E-state index contributed by atoms with van der Waals surface area (Å²) < 4.78 is 44.6. The highest BCUT2D eigenvalue weighted by atomic mass is 32.2. The van der Waals surface area contributed by atoms with E-state index in [4.69, 9.17) is 4.74 Å². The fraction of sp³-hybridized carbons (Fsp3) is 0.409. The van der Waals surface area contributed by atoms with Crippen molar-refractivity contribution in [3.05, 3.63) is 59.9 Å². The van der Waals surface area contributed by atoms with Crippen LogP contribution in [-0.2, 0) is 21.2 Å². The van der Waals surface area contributed by atoms with Gasteiger partial charge in [-0.25, -0.2) is 12.8 Å². The van der Waals surface area contributed by atoms with Crippen LogP contribution in [0.2, 0.25) is 0 Å². The van der Waals surface area contributed by atoms with Gasteiger partial charge in [0.1, 0.15) is 18.2 Å². The average molecular weight is 437 g/mol. The zero-order chi connectivity index (χ0) is 22.0. The fourth-order valence-corrected chi connectivity index (χ4v) is 3.96. The van der Waals surface area contributed by atoms with Crippen molar-refractivity contribution in [2.24, 2.45) is 0 Å². The van der Waals surface area contributed by atoms with E-state index in [0.29, 0.717) is 13.2 Å². The molecular formula is C22H29FN2O4S. The van der Waals surface area contributed by atoms with Crippen molar-refractivity contribution in [3.63, 3.8) is 0 Å². The summed E-state index contributed by atoms with van der Waals surface area (Å²) in [7, 11) is -3.66. The monoisotopic (exact) mass is 436 g/mol. The molecule has 8 heteroatoms. The van der Waals surface area contributed by atoms with Gasteiger partial charge in [-0.1, -0.05) is 37.6 Å². The highest BCUT2D eigenvalue weighted by Crippen LogP contribution is 2.21. The number of para-hydroxylation sites is 1. The van der Waals surface area contributed by atoms with Gasteiger partial charge in [-0.05, 0) is 42.7 Å². The minimum Gasteiger partial charge on any atom is -0.492 e. The van der Waals surface area contributed by atoms with Crippen LogP contribution in [0.5, 0.6) is 5.75 Å². The van der Waals surface area contributed by atoms with E-state index in [1.54, 1.807) is 6.07 Å². The molecule has 1 N–H and O–H groups in total. The third-order valence-electron chi connectivity index (χ3n) is 4.44. The number of nitrogens with one attached hydrogen (secondary N) is 1. The van der Waals surface area contributed by atoms with E-state index in [2.05, 4.69) is 12.2 Å². The van der Waals surface area contributed by atoms with Gasteiger partial charge in [0.25, 0.3) is 0 Å². The molecule has 0 fully saturated rings. The van der Waals surface area contributed by atoms with Gasteiger partial charge in [-0.15, -0.1) is 0 Å². The summed E-state index contributed by atoms with van der Waals surface area (Å²) in [6.07, 6.45) is 3.54. The number of carbonyl (C=O) groups excluding carboxylic acids is 1. The molecule has 0 bridgehead atoms. The maximum atomic E-state index is 14.0. The van der Waals surface area contributed by atoms with Crippen LogP contribution in [0.4, 0.5) is 10.1 Å². The molecule has 6 nitrogen and oxygen atoms in total. The highest BCUT2D eigenvalue weighted by molar-refractivity contribution is 7.92. The molecular weight excluding hydrogens is 407 g/mol. The van der Waals surface area contributed by atoms with Crippen molar-refractivity contribution in [2.75, 3.05) is 30.3 Å². The second kappa shape index (κ2) is 11.5. The number of rotatable bonds is 12. The number of anilines is 1. The predicted molar refractivity (Wildman–Crippen MR) is 117 cm³/mol. The van der Waals surface area contributed by atoms with Crippen molar-refractivity contribution in [1.29, 1.82) is 0 Å². The van der Waals surface area contributed by atoms with Gasteiger partial charge in [0, 0.05) is 13.0 Å². The van der Waals surface area contributed by atoms with Crippen molar-refractivity contribution >= 4 is 21.6 Å². The van der Waals surface area contributed by atoms with Gasteiger partial charge in [0.2, 0.25) is 15.9 Å². The Bertz CT molecular complexity index is 917. The average Bonchev–Trinajstić information content (AvgIpc) is 2.70. The number of ether oxygens (including phenoxy) is 1. The molecule has 0 unspecified atom stereocenters. The first-order valence-electron chi connectivity index (χ1n) is 10.0. The standard InChI is InChI=1S/C22H29FN2O4S/c1-3-7-18-11-13-19(14-12-18)29-17-15-24-22(26)10-6-16-25(30(2,27)28)21-9-5-4-8-20(21)23/h4-5,8-9,11-14H,3,6-7,10,15-17H2,1-2H3,(H,24,26). The quantitative estimate of drug-likeness (QED) is 0.517. The first-order chi connectivity index (χ1) is 14.3. The highest BCUT2D eigenvalue weighted by Gasteiger charge is 2.20. The van der Waals surface area contributed by atoms with E-state index < -0.39 is 15.8 Å². The maximum Gasteiger partial charge on any atom is 0.232 e. The second-order valence-corrected chi connectivity index (χ2v) is 8.89. The van der Waals surface area contributed by atoms with E-state index in [9.17, 15) is 17.6 Å². The minimum absolute atomic E-state index is 0.0150. The molecule has 1 amide bonds. The van der Waals surface area contributed by atoms with Crippen LogP contribution in [0, 0.1) is 5.82 Å². The van der Waals surface area contributed by atoms with E-state index in [-0.39, 0.29) is 31.0 Å². The lowest BCUT2D eigenvalue weighted by molar-refractivity contribution is -0.121. The lowest BCUT2D eigenvalue weighted by atomic mass is 10.1. The molecule has 0 aromatic heterocycles. The molecule has 2 aromatic rings. The normalized spacial score (nSPS) is 11.2. The summed E-state index contributed by atoms with van der Waals surface area (Å²) in [4.78, 5) is 12.0. The largest absolute Gasteiger partial charge is 0.492 e. The number of sulfonamides is 1. The number of hydrogen-bond donors (Lipinski definition) is 1. The number of amides is 1. The van der Waals surface area contributed by atoms with Crippen LogP contribution in [0.3, 0.4) is 0 Å². The van der Waals surface area contributed by atoms with E-state index in [0.717, 1.165) is 29.2 Å². The zero-order valence-electron chi connectivity index (χ0n) is 17.4. The molecule has 2 aromatic carbocycles. The number of nitrogens with zero attached hydrogens (tertiary/aromatic N) is 1. The third-order valence-corrected chi connectivity index (χ3v) is 5.62. The van der Waals surface area contributed by atoms with Gasteiger partial charge in [-0.3, -0.25) is 9.10 Å². The fourth-order valence-electron chi connectivity index (χ4n) is 2.99. The first-order valence-corrected chi connectivity index (χ1v) is 11.9. The summed E-state index contributed by atoms with van der Waals surface area (Å²) in [5, 5.41) is 2.74. The molecule has 0 saturated carbocycles. The van der Waals surface area contributed by atoms with Crippen LogP contribution in [0.15, 0.2) is 48.5 Å². The SMILES string of the molecule is CCCc1ccc(OCCNC(=O)CCCN(c2ccccc2F)S(C)(=O)=O)cc1. The Morgan fingerprint density at radius 1 is 1.13 bits per heavy atom. The lowest BCUT2D eigenvalue weighted by Crippen LogP contribution is -2.33. The Kier molecular flexibility index (Phi) is 9.11. The van der Waals surface area contributed by atoms with Gasteiger partial charge in [-0.2, -0.15) is 0 Å². The lowest BCUT2D eigenvalue weighted by Gasteiger charge is -2.22. The smallest absolute Gasteiger partial charge is 0.232 e. The molecule has 0 spiro atoms. The molecule has 30 heavy (non-hydrogen) atoms. The van der Waals surface area contributed by atoms with E-state index in [1.807, 2.05) is 24.3 Å². The second-order valence-electron chi connectivity index (χ2n) is 6.98. The summed E-state index contributed by atoms with van der Waals surface area (Å²) in [5.74, 6) is -0.0797. The molecule has 0 atom stereocenters. The van der Waals surface area contributed by atoms with E-state index >= 15 is 0 Å². The first kappa shape index (κ1) is 23.7. The molecule has 0 aliphatic carbocycles. The van der Waals surface area contributed by atoms with Gasteiger partial charge in [0.05, 0.1) is 18.5 Å². The maximum absolute atomic E-state index is 14.0. The van der Waals surface area contributed by atoms with E-state index in [1.165, 1.54) is 23.8 Å². The number of aryl methyl sites for hydroxylation is 1. The summed E-state index contributed by atoms with van der Waals surface area (Å²) in [5.41, 5.74) is 1.25. The predicted octanol–water partition coefficient (Wildman–Crippen LogP) is 3.52. The third kappa shape index (κ3) is 7.67. The number of halogens is 1. The molecule has 164 valence electrons. The topological polar surface area (TPSA) is 75.7 Å². The molecule has 2 rings (SSSR count). The molecule has 0 aliphatic heterocycles. The van der Waals surface area contributed by atoms with Crippen LogP contribution >= 0.6 is 0 Å². The number of carbonyl (C=O) groups is 1. The molecule has 0 heterocycles. The van der Waals surface area contributed by atoms with Crippen LogP contribution in [0.1, 0.15) is 31.7 Å². The van der Waals surface area contributed by atoms with Crippen molar-refractivity contribution in [1.82, 2.24) is 5.32 Å². The molecule has 0 saturated heterocycles. The van der Waals surface area contributed by atoms with Gasteiger partial charge < -0.3 is 10.1 Å². The Morgan fingerprint density at radius 3 is 2.47 bits per heavy atom. The summed E-state index contributed by atoms with van der Waals surface area (Å²) >= 11 is 0. The van der Waals surface area contributed by atoms with Crippen molar-refractivity contribution in [2.45, 2.75) is 32.6 Å². The van der Waals surface area contributed by atoms with Crippen LogP contribution < -0.4 is 14.4 Å². The van der Waals surface area contributed by atoms with Gasteiger partial charge >= 0.3 is 0 Å². The van der Waals surface area contributed by atoms with Gasteiger partial charge in [0.15, 0.2) is 0 Å². The molecule has 0 aliphatic rings. The van der Waals surface area contributed by atoms with Crippen molar-refractivity contribution < 1.29 is 22.3 Å². The van der Waals surface area contributed by atoms with Crippen molar-refractivity contribution in [3.8, 4) is 5.75 Å².